The Morgan fingerprint density at radius 3 is 2.90 bits per heavy atom. The highest BCUT2D eigenvalue weighted by atomic mass is 35.5. The van der Waals surface area contributed by atoms with Gasteiger partial charge in [0.15, 0.2) is 5.65 Å². The number of alkyl halides is 1. The summed E-state index contributed by atoms with van der Waals surface area (Å²) >= 11 is 7.67. The number of nitrogens with zero attached hydrogens (tertiary/aromatic N) is 4. The van der Waals surface area contributed by atoms with Crippen LogP contribution in [0, 0.1) is 6.92 Å². The third-order valence-electron chi connectivity index (χ3n) is 3.48. The van der Waals surface area contributed by atoms with Crippen LogP contribution in [0.2, 0.25) is 0 Å². The summed E-state index contributed by atoms with van der Waals surface area (Å²) < 4.78 is 2.14. The quantitative estimate of drug-likeness (QED) is 0.675. The normalized spacial score (nSPS) is 11.4. The molecule has 4 nitrogen and oxygen atoms in total. The van der Waals surface area contributed by atoms with Gasteiger partial charge in [0.25, 0.3) is 0 Å². The third-order valence-corrected chi connectivity index (χ3v) is 4.79. The van der Waals surface area contributed by atoms with Crippen LogP contribution in [0.4, 0.5) is 0 Å². The number of hydrogen-bond donors (Lipinski definition) is 0. The van der Waals surface area contributed by atoms with Gasteiger partial charge in [-0.2, -0.15) is 0 Å². The largest absolute Gasteiger partial charge is 0.306 e. The lowest BCUT2D eigenvalue weighted by Gasteiger charge is -2.05. The molecule has 0 saturated carbocycles. The minimum atomic E-state index is 0.556. The molecule has 0 aliphatic rings. The zero-order valence-corrected chi connectivity index (χ0v) is 13.7. The first-order chi connectivity index (χ1) is 10.2. The maximum absolute atomic E-state index is 5.92. The van der Waals surface area contributed by atoms with E-state index >= 15 is 0 Å². The fourth-order valence-corrected chi connectivity index (χ4v) is 3.37. The summed E-state index contributed by atoms with van der Waals surface area (Å²) in [6, 6.07) is 1.99. The zero-order valence-electron chi connectivity index (χ0n) is 12.1. The molecule has 0 saturated heterocycles. The molecule has 0 radical (unpaired) electrons. The Morgan fingerprint density at radius 2 is 2.19 bits per heavy atom. The molecule has 0 atom stereocenters. The number of thiazole rings is 1. The van der Waals surface area contributed by atoms with E-state index in [2.05, 4.69) is 28.4 Å². The van der Waals surface area contributed by atoms with Crippen LogP contribution in [-0.4, -0.2) is 25.4 Å². The van der Waals surface area contributed by atoms with Crippen molar-refractivity contribution in [3.05, 3.63) is 39.7 Å². The van der Waals surface area contributed by atoms with Gasteiger partial charge in [0, 0.05) is 29.6 Å². The van der Waals surface area contributed by atoms with E-state index in [4.69, 9.17) is 16.6 Å². The molecule has 0 fully saturated rings. The van der Waals surface area contributed by atoms with Crippen LogP contribution in [-0.2, 0) is 19.4 Å². The molecule has 0 unspecified atom stereocenters. The van der Waals surface area contributed by atoms with Crippen molar-refractivity contribution in [2.75, 3.05) is 5.88 Å². The van der Waals surface area contributed by atoms with Crippen molar-refractivity contribution in [3.8, 4) is 0 Å². The van der Waals surface area contributed by atoms with Crippen molar-refractivity contribution in [1.29, 1.82) is 0 Å². The number of halogens is 1. The highest BCUT2D eigenvalue weighted by Crippen LogP contribution is 2.21. The Morgan fingerprint density at radius 1 is 1.33 bits per heavy atom. The number of imidazole rings is 1. The van der Waals surface area contributed by atoms with Gasteiger partial charge in [-0.1, -0.05) is 6.92 Å². The Labute approximate surface area is 132 Å². The zero-order chi connectivity index (χ0) is 14.8. The van der Waals surface area contributed by atoms with Crippen LogP contribution in [0.5, 0.6) is 0 Å². The molecular weight excluding hydrogens is 304 g/mol. The van der Waals surface area contributed by atoms with Crippen molar-refractivity contribution in [1.82, 2.24) is 19.5 Å². The average Bonchev–Trinajstić information content (AvgIpc) is 3.07. The molecule has 6 heteroatoms. The highest BCUT2D eigenvalue weighted by molar-refractivity contribution is 7.11. The number of hydrogen-bond acceptors (Lipinski definition) is 4. The van der Waals surface area contributed by atoms with E-state index in [9.17, 15) is 0 Å². The van der Waals surface area contributed by atoms with Gasteiger partial charge in [0.05, 0.1) is 6.54 Å². The predicted octanol–water partition coefficient (Wildman–Crippen LogP) is 3.59. The van der Waals surface area contributed by atoms with Crippen LogP contribution >= 0.6 is 22.9 Å². The van der Waals surface area contributed by atoms with Gasteiger partial charge in [0.2, 0.25) is 0 Å². The van der Waals surface area contributed by atoms with E-state index in [-0.39, 0.29) is 0 Å². The van der Waals surface area contributed by atoms with E-state index in [0.29, 0.717) is 12.4 Å². The van der Waals surface area contributed by atoms with Gasteiger partial charge in [-0.05, 0) is 25.0 Å². The van der Waals surface area contributed by atoms with Gasteiger partial charge in [-0.25, -0.2) is 15.0 Å². The number of fused-ring (bicyclic) bond motifs is 1. The maximum atomic E-state index is 5.92. The van der Waals surface area contributed by atoms with Crippen molar-refractivity contribution >= 4 is 34.1 Å². The highest BCUT2D eigenvalue weighted by Gasteiger charge is 2.14. The monoisotopic (exact) mass is 320 g/mol. The van der Waals surface area contributed by atoms with E-state index in [1.807, 2.05) is 18.5 Å². The maximum Gasteiger partial charge on any atom is 0.160 e. The summed E-state index contributed by atoms with van der Waals surface area (Å²) in [6.45, 7) is 4.92. The lowest BCUT2D eigenvalue weighted by molar-refractivity contribution is 0.743. The molecule has 0 amide bonds. The summed E-state index contributed by atoms with van der Waals surface area (Å²) in [7, 11) is 0. The molecule has 21 heavy (non-hydrogen) atoms. The Kier molecular flexibility index (Phi) is 4.22. The number of pyridine rings is 1. The number of aromatic nitrogens is 4. The molecule has 3 aromatic rings. The van der Waals surface area contributed by atoms with Gasteiger partial charge < -0.3 is 4.57 Å². The average molecular weight is 321 g/mol. The molecule has 0 aliphatic heterocycles. The van der Waals surface area contributed by atoms with E-state index in [1.165, 1.54) is 4.88 Å². The first-order valence-electron chi connectivity index (χ1n) is 7.03. The summed E-state index contributed by atoms with van der Waals surface area (Å²) in [5, 5.41) is 1.09. The lowest BCUT2D eigenvalue weighted by atomic mass is 10.3. The summed E-state index contributed by atoms with van der Waals surface area (Å²) in [4.78, 5) is 15.0. The first kappa shape index (κ1) is 14.5. The number of rotatable bonds is 5. The van der Waals surface area contributed by atoms with Gasteiger partial charge in [-0.3, -0.25) is 0 Å². The number of aryl methyl sites for hydroxylation is 3. The molecular formula is C15H17ClN4S. The minimum Gasteiger partial charge on any atom is -0.306 e. The van der Waals surface area contributed by atoms with E-state index < -0.39 is 0 Å². The summed E-state index contributed by atoms with van der Waals surface area (Å²) in [5.74, 6) is 1.54. The lowest BCUT2D eigenvalue weighted by Crippen LogP contribution is -2.06. The topological polar surface area (TPSA) is 43.6 Å². The first-order valence-corrected chi connectivity index (χ1v) is 8.38. The van der Waals surface area contributed by atoms with Crippen LogP contribution in [0.1, 0.15) is 28.2 Å². The summed E-state index contributed by atoms with van der Waals surface area (Å²) in [6.07, 6.45) is 5.55. The van der Waals surface area contributed by atoms with Crippen LogP contribution < -0.4 is 0 Å². The second-order valence-electron chi connectivity index (χ2n) is 4.93. The van der Waals surface area contributed by atoms with Crippen LogP contribution in [0.25, 0.3) is 11.2 Å². The fraction of sp³-hybridized carbons (Fsp3) is 0.400. The van der Waals surface area contributed by atoms with Crippen molar-refractivity contribution in [2.45, 2.75) is 33.2 Å². The molecule has 3 heterocycles. The molecule has 0 bridgehead atoms. The SMILES string of the molecule is CCc1cnc(Cn2c(CCCl)nc3c(C)ccnc32)s1. The standard InChI is InChI=1S/C15H17ClN4S/c1-3-11-8-18-13(21-11)9-20-12(4-6-16)19-14-10(2)5-7-17-15(14)20/h5,7-8H,3-4,6,9H2,1-2H3. The molecule has 110 valence electrons. The van der Waals surface area contributed by atoms with Gasteiger partial charge in [-0.15, -0.1) is 22.9 Å². The van der Waals surface area contributed by atoms with Crippen LogP contribution in [0.3, 0.4) is 0 Å². The Balaban J connectivity index is 2.06. The van der Waals surface area contributed by atoms with Crippen molar-refractivity contribution in [3.63, 3.8) is 0 Å². The van der Waals surface area contributed by atoms with Gasteiger partial charge in [0.1, 0.15) is 16.3 Å². The fourth-order valence-electron chi connectivity index (χ4n) is 2.34. The molecule has 3 rings (SSSR count). The Hall–Kier alpha value is -1.46. The van der Waals surface area contributed by atoms with Crippen LogP contribution in [0.15, 0.2) is 18.5 Å². The molecule has 0 aliphatic carbocycles. The summed E-state index contributed by atoms with van der Waals surface area (Å²) in [5.41, 5.74) is 3.02. The second-order valence-corrected chi connectivity index (χ2v) is 6.50. The van der Waals surface area contributed by atoms with E-state index in [1.54, 1.807) is 11.3 Å². The Bertz CT molecular complexity index is 762. The van der Waals surface area contributed by atoms with Crippen molar-refractivity contribution in [2.24, 2.45) is 0 Å². The second kappa shape index (κ2) is 6.12. The third kappa shape index (κ3) is 2.80. The van der Waals surface area contributed by atoms with Gasteiger partial charge >= 0.3 is 0 Å². The van der Waals surface area contributed by atoms with Crippen molar-refractivity contribution < 1.29 is 0 Å². The minimum absolute atomic E-state index is 0.556. The molecule has 0 N–H and O–H groups in total. The molecule has 0 spiro atoms. The molecule has 0 aromatic carbocycles. The van der Waals surface area contributed by atoms with E-state index in [0.717, 1.165) is 40.4 Å². The predicted molar refractivity (Wildman–Crippen MR) is 87.3 cm³/mol. The molecule has 3 aromatic heterocycles. The smallest absolute Gasteiger partial charge is 0.160 e.